The molecular weight excluding hydrogens is 364 g/mol. The van der Waals surface area contributed by atoms with Crippen LogP contribution in [-0.2, 0) is 0 Å². The number of fused-ring (bicyclic) bond motifs is 1. The summed E-state index contributed by atoms with van der Waals surface area (Å²) in [5.41, 5.74) is 4.93. The Kier molecular flexibility index (Phi) is 4.07. The third kappa shape index (κ3) is 2.92. The average molecular weight is 380 g/mol. The van der Waals surface area contributed by atoms with Crippen LogP contribution in [0.3, 0.4) is 0 Å². The van der Waals surface area contributed by atoms with Gasteiger partial charge in [0.15, 0.2) is 10.6 Å². The van der Waals surface area contributed by atoms with E-state index in [2.05, 4.69) is 40.5 Å². The standard InChI is InChI=1S/C23H16N4S/c28-23-26-25-22(21-14-13-17-9-4-5-12-20(17)24-21)27(23)19-11-6-10-18(15-19)16-7-2-1-3-8-16/h1-15H,(H,26,28). The maximum absolute atomic E-state index is 5.53. The molecular formula is C23H16N4S. The van der Waals surface area contributed by atoms with E-state index in [4.69, 9.17) is 17.2 Å². The van der Waals surface area contributed by atoms with Crippen molar-refractivity contribution < 1.29 is 0 Å². The largest absolute Gasteiger partial charge is 0.267 e. The van der Waals surface area contributed by atoms with Crippen LogP contribution in [0.5, 0.6) is 0 Å². The monoisotopic (exact) mass is 380 g/mol. The predicted molar refractivity (Wildman–Crippen MR) is 115 cm³/mol. The lowest BCUT2D eigenvalue weighted by atomic mass is 10.1. The maximum atomic E-state index is 5.53. The molecule has 5 aromatic rings. The van der Waals surface area contributed by atoms with Crippen LogP contribution in [0, 0.1) is 4.77 Å². The van der Waals surface area contributed by atoms with Crippen LogP contribution in [0.4, 0.5) is 0 Å². The van der Waals surface area contributed by atoms with Gasteiger partial charge in [0.25, 0.3) is 0 Å². The molecule has 1 N–H and O–H groups in total. The Hall–Kier alpha value is -3.57. The van der Waals surface area contributed by atoms with E-state index >= 15 is 0 Å². The van der Waals surface area contributed by atoms with Gasteiger partial charge in [-0.15, -0.1) is 0 Å². The van der Waals surface area contributed by atoms with Crippen LogP contribution in [-0.4, -0.2) is 19.7 Å². The number of H-pyrrole nitrogens is 1. The van der Waals surface area contributed by atoms with Gasteiger partial charge in [-0.05, 0) is 47.6 Å². The number of hydrogen-bond acceptors (Lipinski definition) is 3. The van der Waals surface area contributed by atoms with Crippen LogP contribution in [0.2, 0.25) is 0 Å². The van der Waals surface area contributed by atoms with Crippen molar-refractivity contribution in [2.75, 3.05) is 0 Å². The van der Waals surface area contributed by atoms with Crippen LogP contribution in [0.1, 0.15) is 0 Å². The minimum Gasteiger partial charge on any atom is -0.267 e. The molecule has 0 saturated heterocycles. The molecule has 3 aromatic carbocycles. The van der Waals surface area contributed by atoms with Crippen molar-refractivity contribution in [1.82, 2.24) is 19.7 Å². The van der Waals surface area contributed by atoms with E-state index < -0.39 is 0 Å². The Morgan fingerprint density at radius 3 is 2.43 bits per heavy atom. The Balaban J connectivity index is 1.66. The topological polar surface area (TPSA) is 46.5 Å². The summed E-state index contributed by atoms with van der Waals surface area (Å²) >= 11 is 5.53. The Labute approximate surface area is 167 Å². The first-order chi connectivity index (χ1) is 13.8. The molecule has 0 atom stereocenters. The predicted octanol–water partition coefficient (Wildman–Crippen LogP) is 5.81. The summed E-state index contributed by atoms with van der Waals surface area (Å²) in [6.45, 7) is 0. The number of nitrogens with one attached hydrogen (secondary N) is 1. The van der Waals surface area contributed by atoms with Gasteiger partial charge in [0.05, 0.1) is 11.2 Å². The number of para-hydroxylation sites is 1. The number of aromatic nitrogens is 4. The lowest BCUT2D eigenvalue weighted by molar-refractivity contribution is 1.03. The highest BCUT2D eigenvalue weighted by atomic mass is 32.1. The number of aromatic amines is 1. The van der Waals surface area contributed by atoms with Crippen molar-refractivity contribution in [1.29, 1.82) is 0 Å². The van der Waals surface area contributed by atoms with Crippen molar-refractivity contribution in [3.63, 3.8) is 0 Å². The molecule has 0 spiro atoms. The normalized spacial score (nSPS) is 11.0. The number of pyridine rings is 1. The van der Waals surface area contributed by atoms with Gasteiger partial charge in [0.1, 0.15) is 5.69 Å². The first-order valence-electron chi connectivity index (χ1n) is 8.99. The van der Waals surface area contributed by atoms with Crippen molar-refractivity contribution in [2.24, 2.45) is 0 Å². The first kappa shape index (κ1) is 16.6. The molecule has 0 amide bonds. The van der Waals surface area contributed by atoms with E-state index in [-0.39, 0.29) is 0 Å². The molecule has 134 valence electrons. The Morgan fingerprint density at radius 1 is 0.750 bits per heavy atom. The number of rotatable bonds is 3. The van der Waals surface area contributed by atoms with E-state index in [1.807, 2.05) is 65.2 Å². The summed E-state index contributed by atoms with van der Waals surface area (Å²) in [7, 11) is 0. The molecule has 28 heavy (non-hydrogen) atoms. The van der Waals surface area contributed by atoms with E-state index in [1.165, 1.54) is 0 Å². The molecule has 0 aliphatic rings. The Bertz CT molecular complexity index is 1340. The van der Waals surface area contributed by atoms with E-state index in [0.29, 0.717) is 10.6 Å². The van der Waals surface area contributed by atoms with Gasteiger partial charge in [-0.2, -0.15) is 5.10 Å². The molecule has 2 heterocycles. The fraction of sp³-hybridized carbons (Fsp3) is 0. The number of nitrogens with zero attached hydrogens (tertiary/aromatic N) is 3. The zero-order chi connectivity index (χ0) is 18.9. The van der Waals surface area contributed by atoms with Crippen molar-refractivity contribution in [3.05, 3.63) is 95.8 Å². The molecule has 0 aliphatic heterocycles. The zero-order valence-electron chi connectivity index (χ0n) is 14.9. The minimum absolute atomic E-state index is 0.537. The van der Waals surface area contributed by atoms with Crippen LogP contribution in [0.25, 0.3) is 39.2 Å². The third-order valence-corrected chi connectivity index (χ3v) is 4.99. The van der Waals surface area contributed by atoms with Gasteiger partial charge in [0, 0.05) is 5.39 Å². The maximum Gasteiger partial charge on any atom is 0.200 e. The SMILES string of the molecule is S=c1[nH]nc(-c2ccc3ccccc3n2)n1-c1cccc(-c2ccccc2)c1. The van der Waals surface area contributed by atoms with Gasteiger partial charge in [-0.25, -0.2) is 4.98 Å². The molecule has 0 bridgehead atoms. The highest BCUT2D eigenvalue weighted by Gasteiger charge is 2.13. The van der Waals surface area contributed by atoms with Crippen LogP contribution >= 0.6 is 12.2 Å². The lowest BCUT2D eigenvalue weighted by Gasteiger charge is -2.09. The number of hydrogen-bond donors (Lipinski definition) is 1. The van der Waals surface area contributed by atoms with Crippen molar-refractivity contribution in [3.8, 4) is 28.3 Å². The van der Waals surface area contributed by atoms with Gasteiger partial charge >= 0.3 is 0 Å². The molecule has 0 aliphatic carbocycles. The molecule has 2 aromatic heterocycles. The molecule has 0 unspecified atom stereocenters. The summed E-state index contributed by atoms with van der Waals surface area (Å²) in [6, 6.07) is 30.6. The van der Waals surface area contributed by atoms with E-state index in [1.54, 1.807) is 0 Å². The molecule has 0 radical (unpaired) electrons. The molecule has 5 rings (SSSR count). The quantitative estimate of drug-likeness (QED) is 0.402. The van der Waals surface area contributed by atoms with E-state index in [0.717, 1.165) is 33.4 Å². The lowest BCUT2D eigenvalue weighted by Crippen LogP contribution is -1.99. The minimum atomic E-state index is 0.537. The second-order valence-electron chi connectivity index (χ2n) is 6.49. The summed E-state index contributed by atoms with van der Waals surface area (Å²) < 4.78 is 2.47. The van der Waals surface area contributed by atoms with Gasteiger partial charge in [-0.1, -0.05) is 66.7 Å². The zero-order valence-corrected chi connectivity index (χ0v) is 15.7. The number of benzene rings is 3. The van der Waals surface area contributed by atoms with Gasteiger partial charge in [-0.3, -0.25) is 9.67 Å². The van der Waals surface area contributed by atoms with Crippen molar-refractivity contribution >= 4 is 23.1 Å². The summed E-state index contributed by atoms with van der Waals surface area (Å²) in [4.78, 5) is 4.78. The van der Waals surface area contributed by atoms with Crippen molar-refractivity contribution in [2.45, 2.75) is 0 Å². The first-order valence-corrected chi connectivity index (χ1v) is 9.40. The summed E-state index contributed by atoms with van der Waals surface area (Å²) in [5.74, 6) is 0.695. The third-order valence-electron chi connectivity index (χ3n) is 4.71. The van der Waals surface area contributed by atoms with E-state index in [9.17, 15) is 0 Å². The highest BCUT2D eigenvalue weighted by Crippen LogP contribution is 2.26. The fourth-order valence-electron chi connectivity index (χ4n) is 3.35. The molecule has 4 nitrogen and oxygen atoms in total. The second kappa shape index (κ2) is 6.87. The van der Waals surface area contributed by atoms with Gasteiger partial charge < -0.3 is 0 Å². The molecule has 5 heteroatoms. The van der Waals surface area contributed by atoms with Gasteiger partial charge in [0.2, 0.25) is 0 Å². The fourth-order valence-corrected chi connectivity index (χ4v) is 3.59. The summed E-state index contributed by atoms with van der Waals surface area (Å²) in [6.07, 6.45) is 0. The highest BCUT2D eigenvalue weighted by molar-refractivity contribution is 7.71. The smallest absolute Gasteiger partial charge is 0.200 e. The second-order valence-corrected chi connectivity index (χ2v) is 6.88. The van der Waals surface area contributed by atoms with Crippen LogP contribution < -0.4 is 0 Å². The molecule has 0 saturated carbocycles. The van der Waals surface area contributed by atoms with Crippen LogP contribution in [0.15, 0.2) is 91.0 Å². The average Bonchev–Trinajstić information content (AvgIpc) is 3.15. The summed E-state index contributed by atoms with van der Waals surface area (Å²) in [5, 5.41) is 8.47. The molecule has 0 fully saturated rings. The Morgan fingerprint density at radius 2 is 1.54 bits per heavy atom.